The van der Waals surface area contributed by atoms with E-state index in [1.54, 1.807) is 6.92 Å². The molecule has 2 aliphatic rings. The number of hydrogen-bond acceptors (Lipinski definition) is 4. The average Bonchev–Trinajstić information content (AvgIpc) is 2.63. The Morgan fingerprint density at radius 1 is 0.962 bits per heavy atom. The molecule has 0 heterocycles. The maximum atomic E-state index is 12.5. The van der Waals surface area contributed by atoms with Crippen molar-refractivity contribution in [1.82, 2.24) is 5.32 Å². The number of rotatable bonds is 8. The topological polar surface area (TPSA) is 81.4 Å². The predicted octanol–water partition coefficient (Wildman–Crippen LogP) is 3.72. The van der Waals surface area contributed by atoms with Gasteiger partial charge in [0.15, 0.2) is 0 Å². The van der Waals surface area contributed by atoms with E-state index in [1.807, 2.05) is 0 Å². The molecule has 5 nitrogen and oxygen atoms in total. The zero-order valence-electron chi connectivity index (χ0n) is 16.2. The summed E-state index contributed by atoms with van der Waals surface area (Å²) in [5.41, 5.74) is 6.14. The predicted molar refractivity (Wildman–Crippen MR) is 106 cm³/mol. The molecule has 0 radical (unpaired) electrons. The van der Waals surface area contributed by atoms with Crippen molar-refractivity contribution in [3.05, 3.63) is 0 Å². The fourth-order valence-corrected chi connectivity index (χ4v) is 4.38. The molecule has 2 saturated carbocycles. The van der Waals surface area contributed by atoms with Crippen molar-refractivity contribution in [2.75, 3.05) is 6.61 Å². The Morgan fingerprint density at radius 3 is 1.96 bits per heavy atom. The summed E-state index contributed by atoms with van der Waals surface area (Å²) in [7, 11) is 0. The van der Waals surface area contributed by atoms with Gasteiger partial charge in [0.2, 0.25) is 5.91 Å². The van der Waals surface area contributed by atoms with Crippen LogP contribution in [0, 0.1) is 11.8 Å². The molecule has 0 aromatic heterocycles. The van der Waals surface area contributed by atoms with Gasteiger partial charge < -0.3 is 15.8 Å². The largest absolute Gasteiger partial charge is 0.464 e. The second-order valence-electron chi connectivity index (χ2n) is 7.90. The lowest BCUT2D eigenvalue weighted by Gasteiger charge is -2.28. The highest BCUT2D eigenvalue weighted by Crippen LogP contribution is 2.28. The molecular formula is C20H37ClN2O3. The second-order valence-corrected chi connectivity index (χ2v) is 7.90. The highest BCUT2D eigenvalue weighted by molar-refractivity contribution is 5.87. The normalized spacial score (nSPS) is 21.3. The lowest BCUT2D eigenvalue weighted by Crippen LogP contribution is -2.50. The SMILES string of the molecule is CCOC(=O)[C@@H](CC1CCCCC1)NC(=O)[C@@H](N)CC1CCCCC1.Cl. The Balaban J connectivity index is 0.00000338. The van der Waals surface area contributed by atoms with Crippen molar-refractivity contribution in [3.63, 3.8) is 0 Å². The lowest BCUT2D eigenvalue weighted by atomic mass is 9.84. The van der Waals surface area contributed by atoms with E-state index < -0.39 is 12.1 Å². The fraction of sp³-hybridized carbons (Fsp3) is 0.900. The van der Waals surface area contributed by atoms with E-state index in [0.717, 1.165) is 19.3 Å². The number of esters is 1. The molecule has 2 aliphatic carbocycles. The number of nitrogens with two attached hydrogens (primary N) is 1. The van der Waals surface area contributed by atoms with Crippen LogP contribution in [0.15, 0.2) is 0 Å². The van der Waals surface area contributed by atoms with E-state index >= 15 is 0 Å². The first-order valence-electron chi connectivity index (χ1n) is 10.3. The summed E-state index contributed by atoms with van der Waals surface area (Å²) in [5.74, 6) is 0.539. The number of hydrogen-bond donors (Lipinski definition) is 2. The van der Waals surface area contributed by atoms with Crippen molar-refractivity contribution in [3.8, 4) is 0 Å². The van der Waals surface area contributed by atoms with Crippen molar-refractivity contribution in [2.45, 2.75) is 96.1 Å². The zero-order chi connectivity index (χ0) is 18.1. The van der Waals surface area contributed by atoms with Gasteiger partial charge in [-0.05, 0) is 31.6 Å². The first-order chi connectivity index (χ1) is 12.1. The maximum Gasteiger partial charge on any atom is 0.328 e. The minimum absolute atomic E-state index is 0. The van der Waals surface area contributed by atoms with Crippen LogP contribution < -0.4 is 11.1 Å². The van der Waals surface area contributed by atoms with Crippen LogP contribution in [0.4, 0.5) is 0 Å². The first kappa shape index (κ1) is 23.2. The van der Waals surface area contributed by atoms with Gasteiger partial charge in [0.1, 0.15) is 6.04 Å². The molecule has 1 amide bonds. The second kappa shape index (κ2) is 12.6. The van der Waals surface area contributed by atoms with Crippen LogP contribution in [0.5, 0.6) is 0 Å². The number of ether oxygens (including phenoxy) is 1. The monoisotopic (exact) mass is 388 g/mol. The molecule has 3 N–H and O–H groups in total. The van der Waals surface area contributed by atoms with Gasteiger partial charge >= 0.3 is 5.97 Å². The Hall–Kier alpha value is -0.810. The molecule has 6 heteroatoms. The maximum absolute atomic E-state index is 12.5. The molecule has 2 rings (SSSR count). The smallest absolute Gasteiger partial charge is 0.328 e. The lowest BCUT2D eigenvalue weighted by molar-refractivity contribution is -0.148. The molecule has 152 valence electrons. The van der Waals surface area contributed by atoms with Crippen molar-refractivity contribution in [1.29, 1.82) is 0 Å². The number of halogens is 1. The molecule has 0 aromatic carbocycles. The molecule has 0 spiro atoms. The minimum atomic E-state index is -0.548. The summed E-state index contributed by atoms with van der Waals surface area (Å²) in [4.78, 5) is 24.8. The van der Waals surface area contributed by atoms with Gasteiger partial charge in [-0.25, -0.2) is 4.79 Å². The first-order valence-corrected chi connectivity index (χ1v) is 10.3. The Bertz CT molecular complexity index is 421. The third-order valence-electron chi connectivity index (χ3n) is 5.83. The summed E-state index contributed by atoms with van der Waals surface area (Å²) in [6.45, 7) is 2.14. The minimum Gasteiger partial charge on any atom is -0.464 e. The van der Waals surface area contributed by atoms with Gasteiger partial charge in [-0.3, -0.25) is 4.79 Å². The molecule has 0 bridgehead atoms. The molecule has 26 heavy (non-hydrogen) atoms. The average molecular weight is 389 g/mol. The van der Waals surface area contributed by atoms with E-state index in [1.165, 1.54) is 51.4 Å². The Kier molecular flexibility index (Phi) is 11.2. The number of nitrogens with one attached hydrogen (secondary N) is 1. The van der Waals surface area contributed by atoms with E-state index in [2.05, 4.69) is 5.32 Å². The summed E-state index contributed by atoms with van der Waals surface area (Å²) in [6.07, 6.45) is 13.5. The van der Waals surface area contributed by atoms with Crippen LogP contribution in [0.1, 0.15) is 84.0 Å². The standard InChI is InChI=1S/C20H36N2O3.ClH/c1-2-25-20(24)18(14-16-11-7-4-8-12-16)22-19(23)17(21)13-15-9-5-3-6-10-15;/h15-18H,2-14,21H2,1H3,(H,22,23);1H/t17-,18+;/m0./s1. The third-order valence-corrected chi connectivity index (χ3v) is 5.83. The van der Waals surface area contributed by atoms with Crippen LogP contribution in [0.25, 0.3) is 0 Å². The molecule has 2 fully saturated rings. The third kappa shape index (κ3) is 7.83. The van der Waals surface area contributed by atoms with E-state index in [-0.39, 0.29) is 24.3 Å². The van der Waals surface area contributed by atoms with Gasteiger partial charge in [-0.15, -0.1) is 12.4 Å². The molecule has 0 saturated heterocycles. The Labute approximate surface area is 164 Å². The van der Waals surface area contributed by atoms with Crippen molar-refractivity contribution in [2.24, 2.45) is 17.6 Å². The summed E-state index contributed by atoms with van der Waals surface area (Å²) >= 11 is 0. The molecule has 0 unspecified atom stereocenters. The molecular weight excluding hydrogens is 352 g/mol. The van der Waals surface area contributed by atoms with Gasteiger partial charge in [0.25, 0.3) is 0 Å². The van der Waals surface area contributed by atoms with Crippen LogP contribution in [-0.4, -0.2) is 30.6 Å². The fourth-order valence-electron chi connectivity index (χ4n) is 4.38. The highest BCUT2D eigenvalue weighted by atomic mass is 35.5. The molecule has 2 atom stereocenters. The highest BCUT2D eigenvalue weighted by Gasteiger charge is 2.29. The van der Waals surface area contributed by atoms with Crippen LogP contribution in [0.2, 0.25) is 0 Å². The van der Waals surface area contributed by atoms with Gasteiger partial charge in [0, 0.05) is 0 Å². The van der Waals surface area contributed by atoms with Crippen molar-refractivity contribution >= 4 is 24.3 Å². The Morgan fingerprint density at radius 2 is 1.46 bits per heavy atom. The number of carbonyl (C=O) groups excluding carboxylic acids is 2. The van der Waals surface area contributed by atoms with E-state index in [4.69, 9.17) is 10.5 Å². The molecule has 0 aliphatic heterocycles. The van der Waals surface area contributed by atoms with Crippen molar-refractivity contribution < 1.29 is 14.3 Å². The van der Waals surface area contributed by atoms with Crippen LogP contribution in [0.3, 0.4) is 0 Å². The van der Waals surface area contributed by atoms with Crippen LogP contribution >= 0.6 is 12.4 Å². The van der Waals surface area contributed by atoms with Gasteiger partial charge in [-0.1, -0.05) is 64.2 Å². The number of carbonyl (C=O) groups is 2. The van der Waals surface area contributed by atoms with Crippen LogP contribution in [-0.2, 0) is 14.3 Å². The van der Waals surface area contributed by atoms with E-state index in [9.17, 15) is 9.59 Å². The number of amides is 1. The molecule has 0 aromatic rings. The van der Waals surface area contributed by atoms with E-state index in [0.29, 0.717) is 24.9 Å². The summed E-state index contributed by atoms with van der Waals surface area (Å²) < 4.78 is 5.18. The zero-order valence-corrected chi connectivity index (χ0v) is 17.0. The summed E-state index contributed by atoms with van der Waals surface area (Å²) in [5, 5.41) is 2.90. The summed E-state index contributed by atoms with van der Waals surface area (Å²) in [6, 6.07) is -1.07. The van der Waals surface area contributed by atoms with Gasteiger partial charge in [-0.2, -0.15) is 0 Å². The van der Waals surface area contributed by atoms with Gasteiger partial charge in [0.05, 0.1) is 12.6 Å². The quantitative estimate of drug-likeness (QED) is 0.621.